The molecule has 0 rings (SSSR count). The van der Waals surface area contributed by atoms with Gasteiger partial charge < -0.3 is 19.4 Å². The van der Waals surface area contributed by atoms with Crippen LogP contribution in [0, 0.1) is 5.92 Å². The summed E-state index contributed by atoms with van der Waals surface area (Å²) in [5.41, 5.74) is -0.495. The van der Waals surface area contributed by atoms with E-state index in [1.807, 2.05) is 20.8 Å². The van der Waals surface area contributed by atoms with Crippen LogP contribution in [-0.4, -0.2) is 57.2 Å². The largest absolute Gasteiger partial charge is 0.444 e. The minimum Gasteiger partial charge on any atom is -0.444 e. The first-order chi connectivity index (χ1) is 12.0. The van der Waals surface area contributed by atoms with Crippen molar-refractivity contribution in [3.63, 3.8) is 0 Å². The lowest BCUT2D eigenvalue weighted by Gasteiger charge is -2.42. The lowest BCUT2D eigenvalue weighted by Crippen LogP contribution is -2.51. The van der Waals surface area contributed by atoms with E-state index in [1.54, 1.807) is 11.9 Å². The van der Waals surface area contributed by atoms with E-state index >= 15 is 0 Å². The molecule has 6 heteroatoms. The van der Waals surface area contributed by atoms with Crippen molar-refractivity contribution in [2.45, 2.75) is 105 Å². The van der Waals surface area contributed by atoms with E-state index in [9.17, 15) is 4.79 Å². The van der Waals surface area contributed by atoms with E-state index in [4.69, 9.17) is 9.16 Å². The van der Waals surface area contributed by atoms with Gasteiger partial charge in [-0.3, -0.25) is 0 Å². The second-order valence-corrected chi connectivity index (χ2v) is 15.2. The maximum atomic E-state index is 12.4. The molecular formula is C21H46N2O3Si. The first-order valence-electron chi connectivity index (χ1n) is 10.4. The summed E-state index contributed by atoms with van der Waals surface area (Å²) in [4.78, 5) is 14.1. The van der Waals surface area contributed by atoms with Crippen molar-refractivity contribution in [3.05, 3.63) is 0 Å². The van der Waals surface area contributed by atoms with E-state index in [1.165, 1.54) is 0 Å². The zero-order chi connectivity index (χ0) is 21.6. The lowest BCUT2D eigenvalue weighted by molar-refractivity contribution is 0.0164. The number of amides is 1. The highest BCUT2D eigenvalue weighted by molar-refractivity contribution is 6.74. The van der Waals surface area contributed by atoms with Crippen molar-refractivity contribution >= 4 is 14.4 Å². The average molecular weight is 403 g/mol. The summed E-state index contributed by atoms with van der Waals surface area (Å²) in [6, 6.07) is 0.476. The highest BCUT2D eigenvalue weighted by Crippen LogP contribution is 2.38. The zero-order valence-electron chi connectivity index (χ0n) is 20.0. The van der Waals surface area contributed by atoms with Gasteiger partial charge in [0.2, 0.25) is 0 Å². The summed E-state index contributed by atoms with van der Waals surface area (Å²) in [5.74, 6) is 0.290. The van der Waals surface area contributed by atoms with Crippen LogP contribution in [-0.2, 0) is 9.16 Å². The fraction of sp³-hybridized carbons (Fsp3) is 0.952. The summed E-state index contributed by atoms with van der Waals surface area (Å²) >= 11 is 0. The van der Waals surface area contributed by atoms with E-state index in [2.05, 4.69) is 60.0 Å². The van der Waals surface area contributed by atoms with Crippen molar-refractivity contribution in [1.82, 2.24) is 10.2 Å². The Kier molecular flexibility index (Phi) is 10.0. The topological polar surface area (TPSA) is 50.8 Å². The fourth-order valence-electron chi connectivity index (χ4n) is 2.24. The molecule has 0 spiro atoms. The molecule has 3 unspecified atom stereocenters. The third-order valence-corrected chi connectivity index (χ3v) is 9.95. The number of nitrogens with zero attached hydrogens (tertiary/aromatic N) is 1. The zero-order valence-corrected chi connectivity index (χ0v) is 21.0. The minimum atomic E-state index is -1.95. The third-order valence-electron chi connectivity index (χ3n) is 5.45. The first-order valence-corrected chi connectivity index (χ1v) is 13.3. The maximum Gasteiger partial charge on any atom is 0.410 e. The SMILES string of the molecule is CCC(C)NCC(C)C(CN(C)C(=O)OC(C)(C)C)O[Si](C)(C)C(C)(C)C. The molecule has 0 saturated carbocycles. The molecule has 0 aliphatic carbocycles. The second-order valence-electron chi connectivity index (χ2n) is 10.5. The number of carbonyl (C=O) groups is 1. The van der Waals surface area contributed by atoms with E-state index in [0.717, 1.165) is 13.0 Å². The molecule has 1 N–H and O–H groups in total. The Balaban J connectivity index is 5.25. The van der Waals surface area contributed by atoms with E-state index in [0.29, 0.717) is 12.6 Å². The second kappa shape index (κ2) is 10.3. The number of rotatable bonds is 9. The summed E-state index contributed by atoms with van der Waals surface area (Å²) < 4.78 is 12.3. The van der Waals surface area contributed by atoms with Crippen LogP contribution in [0.4, 0.5) is 4.79 Å². The van der Waals surface area contributed by atoms with Gasteiger partial charge in [0.25, 0.3) is 0 Å². The molecule has 0 aliphatic rings. The quantitative estimate of drug-likeness (QED) is 0.534. The van der Waals surface area contributed by atoms with Gasteiger partial charge in [-0.05, 0) is 58.2 Å². The Morgan fingerprint density at radius 1 is 1.11 bits per heavy atom. The molecule has 0 heterocycles. The van der Waals surface area contributed by atoms with Crippen LogP contribution >= 0.6 is 0 Å². The van der Waals surface area contributed by atoms with Gasteiger partial charge in [-0.25, -0.2) is 4.79 Å². The van der Waals surface area contributed by atoms with Crippen LogP contribution in [0.1, 0.15) is 68.7 Å². The molecule has 0 aromatic rings. The molecule has 0 aromatic heterocycles. The summed E-state index contributed by atoms with van der Waals surface area (Å²) in [6.45, 7) is 24.9. The normalized spacial score (nSPS) is 16.6. The molecule has 5 nitrogen and oxygen atoms in total. The Labute approximate surface area is 169 Å². The van der Waals surface area contributed by atoms with Gasteiger partial charge in [0.1, 0.15) is 5.60 Å². The van der Waals surface area contributed by atoms with Crippen molar-refractivity contribution in [3.8, 4) is 0 Å². The monoisotopic (exact) mass is 402 g/mol. The molecule has 27 heavy (non-hydrogen) atoms. The van der Waals surface area contributed by atoms with E-state index in [-0.39, 0.29) is 23.2 Å². The molecule has 0 aliphatic heterocycles. The van der Waals surface area contributed by atoms with E-state index < -0.39 is 13.9 Å². The molecule has 162 valence electrons. The van der Waals surface area contributed by atoms with Crippen molar-refractivity contribution in [1.29, 1.82) is 0 Å². The summed E-state index contributed by atoms with van der Waals surface area (Å²) in [6.07, 6.45) is 0.770. The first kappa shape index (κ1) is 26.4. The highest BCUT2D eigenvalue weighted by atomic mass is 28.4. The smallest absolute Gasteiger partial charge is 0.410 e. The number of ether oxygens (including phenoxy) is 1. The molecule has 0 radical (unpaired) electrons. The van der Waals surface area contributed by atoms with Gasteiger partial charge in [-0.1, -0.05) is 34.6 Å². The minimum absolute atomic E-state index is 0.0278. The number of likely N-dealkylation sites (N-methyl/N-ethyl adjacent to an activating group) is 1. The van der Waals surface area contributed by atoms with Gasteiger partial charge in [-0.15, -0.1) is 0 Å². The van der Waals surface area contributed by atoms with Gasteiger partial charge >= 0.3 is 6.09 Å². The average Bonchev–Trinajstić information content (AvgIpc) is 2.48. The predicted molar refractivity (Wildman–Crippen MR) is 118 cm³/mol. The summed E-state index contributed by atoms with van der Waals surface area (Å²) in [7, 11) is -0.154. The highest BCUT2D eigenvalue weighted by Gasteiger charge is 2.40. The maximum absolute atomic E-state index is 12.4. The predicted octanol–water partition coefficient (Wildman–Crippen LogP) is 5.27. The molecule has 1 amide bonds. The van der Waals surface area contributed by atoms with Crippen molar-refractivity contribution in [2.24, 2.45) is 5.92 Å². The van der Waals surface area contributed by atoms with Crippen molar-refractivity contribution in [2.75, 3.05) is 20.1 Å². The van der Waals surface area contributed by atoms with Crippen molar-refractivity contribution < 1.29 is 14.0 Å². The molecule has 3 atom stereocenters. The lowest BCUT2D eigenvalue weighted by atomic mass is 10.0. The Morgan fingerprint density at radius 2 is 1.63 bits per heavy atom. The molecule has 0 aromatic carbocycles. The van der Waals surface area contributed by atoms with Gasteiger partial charge in [0, 0.05) is 26.2 Å². The third kappa shape index (κ3) is 9.95. The Morgan fingerprint density at radius 3 is 2.04 bits per heavy atom. The molecular weight excluding hydrogens is 356 g/mol. The van der Waals surface area contributed by atoms with Gasteiger partial charge in [0.15, 0.2) is 8.32 Å². The van der Waals surface area contributed by atoms with Gasteiger partial charge in [-0.2, -0.15) is 0 Å². The standard InChI is InChI=1S/C21H46N2O3Si/c1-13-17(3)22-14-16(2)18(26-27(11,12)21(7,8)9)15-23(10)19(24)25-20(4,5)6/h16-18,22H,13-15H2,1-12H3. The number of carbonyl (C=O) groups excluding carboxylic acids is 1. The number of nitrogens with one attached hydrogen (secondary N) is 1. The van der Waals surface area contributed by atoms with Gasteiger partial charge in [0.05, 0.1) is 6.10 Å². The molecule has 0 bridgehead atoms. The fourth-order valence-corrected chi connectivity index (χ4v) is 3.65. The Hall–Kier alpha value is -0.593. The molecule has 0 saturated heterocycles. The van der Waals surface area contributed by atoms with Crippen LogP contribution in [0.15, 0.2) is 0 Å². The van der Waals surface area contributed by atoms with Crippen LogP contribution in [0.2, 0.25) is 18.1 Å². The molecule has 0 fully saturated rings. The van der Waals surface area contributed by atoms with Crippen LogP contribution in [0.5, 0.6) is 0 Å². The Bertz CT molecular complexity index is 455. The van der Waals surface area contributed by atoms with Crippen LogP contribution in [0.25, 0.3) is 0 Å². The number of hydrogen-bond acceptors (Lipinski definition) is 4. The van der Waals surface area contributed by atoms with Crippen LogP contribution < -0.4 is 5.32 Å². The summed E-state index contributed by atoms with van der Waals surface area (Å²) in [5, 5.41) is 3.70. The van der Waals surface area contributed by atoms with Crippen LogP contribution in [0.3, 0.4) is 0 Å². The number of hydrogen-bond donors (Lipinski definition) is 1.